The topological polar surface area (TPSA) is 220 Å². The number of ether oxygens (including phenoxy) is 2. The average molecular weight is 717 g/mol. The molecule has 15 nitrogen and oxygen atoms in total. The first kappa shape index (κ1) is 39.6. The van der Waals surface area contributed by atoms with E-state index in [0.29, 0.717) is 11.3 Å². The van der Waals surface area contributed by atoms with Crippen molar-refractivity contribution in [3.05, 3.63) is 28.3 Å². The summed E-state index contributed by atoms with van der Waals surface area (Å²) in [6, 6.07) is 0.665. The van der Waals surface area contributed by atoms with Gasteiger partial charge < -0.3 is 50.3 Å². The highest BCUT2D eigenvalue weighted by Gasteiger charge is 2.67. The molecular formula is C36H52N4O11. The van der Waals surface area contributed by atoms with E-state index in [1.807, 2.05) is 20.8 Å². The Labute approximate surface area is 298 Å². The molecule has 4 rings (SSSR count). The summed E-state index contributed by atoms with van der Waals surface area (Å²) < 4.78 is 10.4. The molecule has 1 aromatic carbocycles. The van der Waals surface area contributed by atoms with Crippen LogP contribution in [0.1, 0.15) is 64.7 Å². The Balaban J connectivity index is 1.81. The van der Waals surface area contributed by atoms with Gasteiger partial charge in [-0.3, -0.25) is 19.2 Å². The van der Waals surface area contributed by atoms with E-state index < -0.39 is 94.2 Å². The fraction of sp³-hybridized carbons (Fsp3) is 0.639. The number of Topliss-reactive ketones (excluding diaryl/α,β-unsaturated/α-hetero) is 2. The molecule has 6 N–H and O–H groups in total. The molecule has 3 aliphatic rings. The fourth-order valence-corrected chi connectivity index (χ4v) is 7.63. The monoisotopic (exact) mass is 716 g/mol. The molecule has 1 aromatic rings. The maximum absolute atomic E-state index is 14.3. The van der Waals surface area contributed by atoms with Crippen LogP contribution >= 0.6 is 0 Å². The number of fused-ring (bicyclic) bond motifs is 3. The quantitative estimate of drug-likeness (QED) is 0.147. The zero-order valence-electron chi connectivity index (χ0n) is 31.1. The molecule has 51 heavy (non-hydrogen) atoms. The summed E-state index contributed by atoms with van der Waals surface area (Å²) in [6.45, 7) is 9.96. The van der Waals surface area contributed by atoms with Crippen molar-refractivity contribution in [1.29, 1.82) is 0 Å². The lowest BCUT2D eigenvalue weighted by Gasteiger charge is -2.53. The van der Waals surface area contributed by atoms with Gasteiger partial charge in [-0.2, -0.15) is 0 Å². The number of likely N-dealkylation sites (N-methyl/N-ethyl adjacent to an activating group) is 1. The van der Waals surface area contributed by atoms with Crippen molar-refractivity contribution >= 4 is 41.0 Å². The van der Waals surface area contributed by atoms with Crippen LogP contribution in [-0.2, 0) is 41.6 Å². The second kappa shape index (κ2) is 13.7. The number of ketones is 2. The number of aliphatic hydroxyl groups is 3. The van der Waals surface area contributed by atoms with Crippen LogP contribution in [0, 0.1) is 28.6 Å². The number of phenolic OH excluding ortho intramolecular Hbond substituents is 1. The Morgan fingerprint density at radius 1 is 1.02 bits per heavy atom. The van der Waals surface area contributed by atoms with Crippen molar-refractivity contribution in [2.24, 2.45) is 34.3 Å². The van der Waals surface area contributed by atoms with Gasteiger partial charge in [-0.1, -0.05) is 20.8 Å². The molecule has 15 heteroatoms. The number of carbonyl (C=O) groups excluding carboxylic acids is 5. The number of phenols is 1. The fourth-order valence-electron chi connectivity index (χ4n) is 7.63. The maximum Gasteiger partial charge on any atom is 0.412 e. The Kier molecular flexibility index (Phi) is 10.7. The third kappa shape index (κ3) is 7.15. The predicted molar refractivity (Wildman–Crippen MR) is 185 cm³/mol. The average Bonchev–Trinajstić information content (AvgIpc) is 2.98. The van der Waals surface area contributed by atoms with E-state index in [2.05, 4.69) is 0 Å². The Morgan fingerprint density at radius 3 is 2.14 bits per heavy atom. The Morgan fingerprint density at radius 2 is 1.63 bits per heavy atom. The van der Waals surface area contributed by atoms with Crippen LogP contribution in [0.3, 0.4) is 0 Å². The molecular weight excluding hydrogens is 664 g/mol. The molecule has 282 valence electrons. The highest BCUT2D eigenvalue weighted by atomic mass is 16.7. The zero-order chi connectivity index (χ0) is 38.7. The zero-order valence-corrected chi connectivity index (χ0v) is 31.1. The largest absolute Gasteiger partial charge is 0.507 e. The van der Waals surface area contributed by atoms with Crippen molar-refractivity contribution in [1.82, 2.24) is 9.80 Å². The van der Waals surface area contributed by atoms with E-state index in [4.69, 9.17) is 15.2 Å². The standard InChI is InChI=1S/C36H52N4O11/c1-34(2,3)15-40(33(48)51-16-50-32(47)35(4,5)6)14-18-13-21(38(7)8)19-11-17-12-20-25(39(9)10)28(43)24(31(37)46)30(45)36(20,49)29(44)22(17)27(42)23(19)26(18)41/h13,17,20,24-25,28,41-43,49H,11-12,14-16H2,1-10H3,(H2,37,46)/t17-,20-,24?,25-,28?,36-/m1/s1. The number of benzene rings is 1. The number of hydrogen-bond acceptors (Lipinski definition) is 13. The van der Waals surface area contributed by atoms with Crippen molar-refractivity contribution in [2.75, 3.05) is 46.4 Å². The number of esters is 1. The molecule has 2 unspecified atom stereocenters. The first-order valence-corrected chi connectivity index (χ1v) is 16.9. The molecule has 0 spiro atoms. The number of aliphatic hydroxyl groups excluding tert-OH is 2. The van der Waals surface area contributed by atoms with E-state index in [-0.39, 0.29) is 42.6 Å². The van der Waals surface area contributed by atoms with Crippen LogP contribution in [-0.4, -0.2) is 119 Å². The normalized spacial score (nSPS) is 26.3. The van der Waals surface area contributed by atoms with Gasteiger partial charge in [-0.15, -0.1) is 0 Å². The van der Waals surface area contributed by atoms with Gasteiger partial charge in [0.05, 0.1) is 23.6 Å². The van der Waals surface area contributed by atoms with Gasteiger partial charge in [0.15, 0.2) is 11.4 Å². The molecule has 0 aliphatic heterocycles. The van der Waals surface area contributed by atoms with Crippen LogP contribution in [0.5, 0.6) is 5.75 Å². The van der Waals surface area contributed by atoms with E-state index in [0.717, 1.165) is 0 Å². The van der Waals surface area contributed by atoms with Crippen molar-refractivity contribution < 1.29 is 53.9 Å². The molecule has 2 saturated carbocycles. The number of nitrogens with zero attached hydrogens (tertiary/aromatic N) is 3. The van der Waals surface area contributed by atoms with Crippen molar-refractivity contribution in [2.45, 2.75) is 78.7 Å². The van der Waals surface area contributed by atoms with E-state index >= 15 is 0 Å². The molecule has 2 fully saturated rings. The SMILES string of the molecule is CN(C)c1cc(CN(CC(C)(C)C)C(=O)OCOC(=O)C(C)(C)C)c(O)c2c1C[C@@H]1C[C@@H]3[C@@H](N(C)C)C(O)C(C(N)=O)C(=O)[C@]3(O)C(=O)C1=C2O. The summed E-state index contributed by atoms with van der Waals surface area (Å²) in [6.07, 6.45) is -2.31. The molecule has 0 aromatic heterocycles. The van der Waals surface area contributed by atoms with Crippen LogP contribution < -0.4 is 10.6 Å². The van der Waals surface area contributed by atoms with Gasteiger partial charge in [-0.05, 0) is 70.7 Å². The minimum Gasteiger partial charge on any atom is -0.507 e. The van der Waals surface area contributed by atoms with Gasteiger partial charge in [0, 0.05) is 49.4 Å². The first-order valence-electron chi connectivity index (χ1n) is 16.9. The van der Waals surface area contributed by atoms with Gasteiger partial charge in [0.25, 0.3) is 0 Å². The molecule has 3 aliphatic carbocycles. The van der Waals surface area contributed by atoms with Crippen LogP contribution in [0.15, 0.2) is 11.6 Å². The van der Waals surface area contributed by atoms with Crippen molar-refractivity contribution in [3.63, 3.8) is 0 Å². The number of nitrogens with two attached hydrogens (primary N) is 1. The molecule has 0 heterocycles. The molecule has 0 radical (unpaired) electrons. The lowest BCUT2D eigenvalue weighted by atomic mass is 9.54. The summed E-state index contributed by atoms with van der Waals surface area (Å²) in [5.74, 6) is -8.94. The number of anilines is 1. The Hall–Kier alpha value is -4.21. The van der Waals surface area contributed by atoms with Crippen LogP contribution in [0.25, 0.3) is 5.76 Å². The molecule has 0 bridgehead atoms. The van der Waals surface area contributed by atoms with Gasteiger partial charge in [0.2, 0.25) is 18.5 Å². The van der Waals surface area contributed by atoms with Gasteiger partial charge >= 0.3 is 12.1 Å². The third-order valence-corrected chi connectivity index (χ3v) is 9.90. The summed E-state index contributed by atoms with van der Waals surface area (Å²) in [4.78, 5) is 70.5. The van der Waals surface area contributed by atoms with Crippen LogP contribution in [0.2, 0.25) is 0 Å². The summed E-state index contributed by atoms with van der Waals surface area (Å²) in [7, 11) is 6.69. The number of rotatable bonds is 8. The number of amides is 2. The highest BCUT2D eigenvalue weighted by molar-refractivity contribution is 6.25. The minimum absolute atomic E-state index is 0.0153. The summed E-state index contributed by atoms with van der Waals surface area (Å²) in [5.41, 5.74) is 2.30. The maximum atomic E-state index is 14.3. The first-order chi connectivity index (χ1) is 23.3. The second-order valence-corrected chi connectivity index (χ2v) is 16.6. The van der Waals surface area contributed by atoms with Gasteiger partial charge in [-0.25, -0.2) is 4.79 Å². The van der Waals surface area contributed by atoms with E-state index in [1.165, 1.54) is 9.80 Å². The molecule has 0 saturated heterocycles. The molecule has 2 amide bonds. The number of hydrogen-bond donors (Lipinski definition) is 5. The smallest absolute Gasteiger partial charge is 0.412 e. The van der Waals surface area contributed by atoms with Crippen LogP contribution in [0.4, 0.5) is 10.5 Å². The lowest BCUT2D eigenvalue weighted by molar-refractivity contribution is -0.184. The number of carbonyl (C=O) groups is 5. The summed E-state index contributed by atoms with van der Waals surface area (Å²) in [5, 5.41) is 46.7. The highest BCUT2D eigenvalue weighted by Crippen LogP contribution is 2.53. The van der Waals surface area contributed by atoms with E-state index in [1.54, 1.807) is 59.9 Å². The number of primary amides is 1. The Bertz CT molecular complexity index is 1650. The van der Waals surface area contributed by atoms with Crippen molar-refractivity contribution in [3.8, 4) is 5.75 Å². The summed E-state index contributed by atoms with van der Waals surface area (Å²) >= 11 is 0. The van der Waals surface area contributed by atoms with E-state index in [9.17, 15) is 44.4 Å². The molecule has 6 atom stereocenters. The number of aromatic hydroxyl groups is 1. The second-order valence-electron chi connectivity index (χ2n) is 16.6. The lowest BCUT2D eigenvalue weighted by Crippen LogP contribution is -2.73. The minimum atomic E-state index is -2.79. The van der Waals surface area contributed by atoms with Gasteiger partial charge in [0.1, 0.15) is 17.4 Å². The third-order valence-electron chi connectivity index (χ3n) is 9.90. The predicted octanol–water partition coefficient (Wildman–Crippen LogP) is 1.73.